The van der Waals surface area contributed by atoms with Crippen molar-refractivity contribution in [3.8, 4) is 11.1 Å². The van der Waals surface area contributed by atoms with Gasteiger partial charge in [-0.05, 0) is 35.4 Å². The molecule has 0 radical (unpaired) electrons. The van der Waals surface area contributed by atoms with Gasteiger partial charge in [0.1, 0.15) is 6.04 Å². The smallest absolute Gasteiger partial charge is 0.328 e. The lowest BCUT2D eigenvalue weighted by molar-refractivity contribution is -0.142. The molecule has 1 atom stereocenters. The number of nitrogens with one attached hydrogen (secondary N) is 1. The van der Waals surface area contributed by atoms with Gasteiger partial charge in [-0.2, -0.15) is 0 Å². The van der Waals surface area contributed by atoms with Gasteiger partial charge in [0.25, 0.3) is 5.91 Å². The quantitative estimate of drug-likeness (QED) is 0.257. The molecule has 0 aliphatic rings. The van der Waals surface area contributed by atoms with Crippen LogP contribution < -0.4 is 5.32 Å². The Kier molecular flexibility index (Phi) is 6.87. The predicted octanol–water partition coefficient (Wildman–Crippen LogP) is 6.33. The summed E-state index contributed by atoms with van der Waals surface area (Å²) < 4.78 is 6.08. The van der Waals surface area contributed by atoms with Crippen molar-refractivity contribution in [2.75, 3.05) is 7.11 Å². The van der Waals surface area contributed by atoms with Gasteiger partial charge in [-0.1, -0.05) is 59.6 Å². The standard InChI is InChI=1S/C27H19Cl2N3O3S/c1-35-27(34)21(32-26(33)23-19(28)7-3-8-20(23)29)13-15-10-11-16(17-6-4-12-30-24(15)17)18-5-2-9-22-25(18)31-14-36-22/h2-12,14,21H,13H2,1H3,(H,32,33)/t21-/m0/s1. The van der Waals surface area contributed by atoms with Crippen LogP contribution in [0.3, 0.4) is 0 Å². The zero-order valence-electron chi connectivity index (χ0n) is 19.0. The van der Waals surface area contributed by atoms with Gasteiger partial charge in [0, 0.05) is 23.6 Å². The summed E-state index contributed by atoms with van der Waals surface area (Å²) in [5, 5.41) is 4.03. The predicted molar refractivity (Wildman–Crippen MR) is 144 cm³/mol. The van der Waals surface area contributed by atoms with E-state index in [1.807, 2.05) is 48.0 Å². The number of rotatable bonds is 6. The molecule has 0 spiro atoms. The molecular formula is C27H19Cl2N3O3S. The lowest BCUT2D eigenvalue weighted by Gasteiger charge is -2.19. The Morgan fingerprint density at radius 2 is 1.72 bits per heavy atom. The summed E-state index contributed by atoms with van der Waals surface area (Å²) in [5.74, 6) is -1.16. The van der Waals surface area contributed by atoms with E-state index in [1.54, 1.807) is 35.7 Å². The van der Waals surface area contributed by atoms with Gasteiger partial charge < -0.3 is 10.1 Å². The SMILES string of the molecule is COC(=O)[C@H](Cc1ccc(-c2cccc3scnc23)c2cccnc12)NC(=O)c1c(Cl)cccc1Cl. The van der Waals surface area contributed by atoms with E-state index >= 15 is 0 Å². The van der Waals surface area contributed by atoms with E-state index < -0.39 is 17.9 Å². The van der Waals surface area contributed by atoms with Crippen LogP contribution in [-0.2, 0) is 16.0 Å². The summed E-state index contributed by atoms with van der Waals surface area (Å²) in [6.45, 7) is 0. The molecule has 0 aliphatic carbocycles. The molecule has 5 aromatic rings. The molecule has 0 fully saturated rings. The van der Waals surface area contributed by atoms with E-state index in [9.17, 15) is 9.59 Å². The van der Waals surface area contributed by atoms with Crippen LogP contribution >= 0.6 is 34.5 Å². The first-order valence-electron chi connectivity index (χ1n) is 11.0. The number of methoxy groups -OCH3 is 1. The number of carbonyl (C=O) groups is 2. The third-order valence-corrected chi connectivity index (χ3v) is 7.33. The van der Waals surface area contributed by atoms with Gasteiger partial charge in [-0.25, -0.2) is 9.78 Å². The topological polar surface area (TPSA) is 81.2 Å². The van der Waals surface area contributed by atoms with Gasteiger partial charge in [-0.3, -0.25) is 9.78 Å². The Morgan fingerprint density at radius 1 is 0.944 bits per heavy atom. The Morgan fingerprint density at radius 3 is 2.50 bits per heavy atom. The maximum Gasteiger partial charge on any atom is 0.328 e. The average Bonchev–Trinajstić information content (AvgIpc) is 3.37. The third-order valence-electron chi connectivity index (χ3n) is 5.91. The van der Waals surface area contributed by atoms with E-state index in [-0.39, 0.29) is 22.0 Å². The molecule has 0 bridgehead atoms. The molecule has 3 aromatic carbocycles. The summed E-state index contributed by atoms with van der Waals surface area (Å²) in [4.78, 5) is 34.8. The number of para-hydroxylation sites is 1. The highest BCUT2D eigenvalue weighted by atomic mass is 35.5. The lowest BCUT2D eigenvalue weighted by atomic mass is 9.94. The summed E-state index contributed by atoms with van der Waals surface area (Å²) in [5.41, 5.74) is 6.35. The molecule has 0 saturated heterocycles. The molecule has 9 heteroatoms. The Hall–Kier alpha value is -3.52. The summed E-state index contributed by atoms with van der Waals surface area (Å²) in [6.07, 6.45) is 1.86. The molecule has 2 heterocycles. The summed E-state index contributed by atoms with van der Waals surface area (Å²) in [7, 11) is 1.28. The normalized spacial score (nSPS) is 12.0. The molecule has 0 unspecified atom stereocenters. The Bertz CT molecular complexity index is 1600. The van der Waals surface area contributed by atoms with Crippen LogP contribution in [0.1, 0.15) is 15.9 Å². The monoisotopic (exact) mass is 535 g/mol. The van der Waals surface area contributed by atoms with Gasteiger partial charge >= 0.3 is 5.97 Å². The largest absolute Gasteiger partial charge is 0.467 e. The van der Waals surface area contributed by atoms with Crippen LogP contribution in [0.25, 0.3) is 32.2 Å². The number of thiazole rings is 1. The van der Waals surface area contributed by atoms with Gasteiger partial charge in [0.05, 0.1) is 44.0 Å². The Labute approximate surface area is 220 Å². The van der Waals surface area contributed by atoms with Crippen molar-refractivity contribution >= 4 is 67.5 Å². The van der Waals surface area contributed by atoms with Crippen LogP contribution in [0, 0.1) is 0 Å². The lowest BCUT2D eigenvalue weighted by Crippen LogP contribution is -2.43. The van der Waals surface area contributed by atoms with E-state index in [1.165, 1.54) is 7.11 Å². The minimum absolute atomic E-state index is 0.101. The van der Waals surface area contributed by atoms with Gasteiger partial charge in [0.15, 0.2) is 0 Å². The first-order chi connectivity index (χ1) is 17.5. The first-order valence-corrected chi connectivity index (χ1v) is 12.6. The van der Waals surface area contributed by atoms with E-state index in [0.29, 0.717) is 0 Å². The highest BCUT2D eigenvalue weighted by Gasteiger charge is 2.26. The number of esters is 1. The number of amides is 1. The molecule has 5 rings (SSSR count). The highest BCUT2D eigenvalue weighted by Crippen LogP contribution is 2.35. The number of nitrogens with zero attached hydrogens (tertiary/aromatic N) is 2. The number of benzene rings is 3. The van der Waals surface area contributed by atoms with Crippen molar-refractivity contribution in [1.82, 2.24) is 15.3 Å². The van der Waals surface area contributed by atoms with Crippen molar-refractivity contribution in [3.63, 3.8) is 0 Å². The zero-order valence-corrected chi connectivity index (χ0v) is 21.3. The van der Waals surface area contributed by atoms with E-state index in [2.05, 4.69) is 15.3 Å². The molecule has 1 amide bonds. The fourth-order valence-electron chi connectivity index (χ4n) is 4.24. The number of fused-ring (bicyclic) bond motifs is 2. The van der Waals surface area contributed by atoms with E-state index in [0.717, 1.165) is 37.8 Å². The average molecular weight is 536 g/mol. The second-order valence-corrected chi connectivity index (χ2v) is 9.73. The second kappa shape index (κ2) is 10.2. The maximum absolute atomic E-state index is 13.0. The first kappa shape index (κ1) is 24.2. The van der Waals surface area contributed by atoms with Crippen LogP contribution in [0.2, 0.25) is 10.0 Å². The fourth-order valence-corrected chi connectivity index (χ4v) is 5.51. The molecule has 0 aliphatic heterocycles. The fraction of sp³-hybridized carbons (Fsp3) is 0.111. The van der Waals surface area contributed by atoms with Crippen LogP contribution in [0.4, 0.5) is 0 Å². The van der Waals surface area contributed by atoms with Crippen molar-refractivity contribution in [1.29, 1.82) is 0 Å². The number of aromatic nitrogens is 2. The van der Waals surface area contributed by atoms with Crippen LogP contribution in [0.15, 0.2) is 72.4 Å². The molecule has 6 nitrogen and oxygen atoms in total. The minimum Gasteiger partial charge on any atom is -0.467 e. The molecule has 0 saturated carbocycles. The summed E-state index contributed by atoms with van der Waals surface area (Å²) in [6, 6.07) is 17.6. The number of ether oxygens (including phenoxy) is 1. The van der Waals surface area contributed by atoms with Crippen molar-refractivity contribution in [2.45, 2.75) is 12.5 Å². The van der Waals surface area contributed by atoms with Gasteiger partial charge in [0.2, 0.25) is 0 Å². The number of hydrogen-bond donors (Lipinski definition) is 1. The van der Waals surface area contributed by atoms with Crippen molar-refractivity contribution in [2.24, 2.45) is 0 Å². The van der Waals surface area contributed by atoms with Crippen LogP contribution in [0.5, 0.6) is 0 Å². The highest BCUT2D eigenvalue weighted by molar-refractivity contribution is 7.16. The van der Waals surface area contributed by atoms with Gasteiger partial charge in [-0.15, -0.1) is 11.3 Å². The molecule has 1 N–H and O–H groups in total. The minimum atomic E-state index is -0.979. The molecule has 2 aromatic heterocycles. The maximum atomic E-state index is 13.0. The number of carbonyl (C=O) groups excluding carboxylic acids is 2. The summed E-state index contributed by atoms with van der Waals surface area (Å²) >= 11 is 14.0. The van der Waals surface area contributed by atoms with Crippen molar-refractivity contribution < 1.29 is 14.3 Å². The van der Waals surface area contributed by atoms with Crippen molar-refractivity contribution in [3.05, 3.63) is 93.5 Å². The number of pyridine rings is 1. The molecule has 36 heavy (non-hydrogen) atoms. The number of hydrogen-bond acceptors (Lipinski definition) is 6. The zero-order chi connectivity index (χ0) is 25.2. The second-order valence-electron chi connectivity index (χ2n) is 8.03. The van der Waals surface area contributed by atoms with Crippen LogP contribution in [-0.4, -0.2) is 35.0 Å². The molecular weight excluding hydrogens is 517 g/mol. The Balaban J connectivity index is 1.53. The number of halogens is 2. The van der Waals surface area contributed by atoms with E-state index in [4.69, 9.17) is 27.9 Å². The molecule has 180 valence electrons. The third kappa shape index (κ3) is 4.53.